The Bertz CT molecular complexity index is 853. The molecule has 2 aliphatic rings. The van der Waals surface area contributed by atoms with E-state index in [1.54, 1.807) is 14.2 Å². The number of nitrogens with one attached hydrogen (secondary N) is 1. The fourth-order valence-electron chi connectivity index (χ4n) is 4.37. The molecular formula is C21H29N5O3. The molecule has 2 saturated heterocycles. The molecular weight excluding hydrogens is 370 g/mol. The molecule has 1 aromatic heterocycles. The molecule has 4 rings (SSSR count). The van der Waals surface area contributed by atoms with E-state index in [1.165, 1.54) is 0 Å². The number of ether oxygens (including phenoxy) is 2. The van der Waals surface area contributed by atoms with E-state index < -0.39 is 0 Å². The number of amides is 1. The molecule has 8 heteroatoms. The lowest BCUT2D eigenvalue weighted by molar-refractivity contribution is 0.0784. The zero-order valence-electron chi connectivity index (χ0n) is 17.4. The summed E-state index contributed by atoms with van der Waals surface area (Å²) in [5, 5.41) is 11.9. The molecule has 0 unspecified atom stereocenters. The summed E-state index contributed by atoms with van der Waals surface area (Å²) < 4.78 is 12.7. The van der Waals surface area contributed by atoms with Crippen LogP contribution in [0.4, 0.5) is 0 Å². The van der Waals surface area contributed by atoms with Gasteiger partial charge in [0, 0.05) is 25.1 Å². The number of nitrogens with zero attached hydrogens (tertiary/aromatic N) is 4. The highest BCUT2D eigenvalue weighted by Gasteiger charge is 2.32. The summed E-state index contributed by atoms with van der Waals surface area (Å²) in [6.45, 7) is 5.28. The van der Waals surface area contributed by atoms with Gasteiger partial charge in [0.05, 0.1) is 26.0 Å². The van der Waals surface area contributed by atoms with Crippen LogP contribution in [-0.2, 0) is 0 Å². The number of piperidine rings is 1. The summed E-state index contributed by atoms with van der Waals surface area (Å²) in [7, 11) is 3.30. The number of likely N-dealkylation sites (tertiary alicyclic amines) is 1. The summed E-state index contributed by atoms with van der Waals surface area (Å²) >= 11 is 0. The van der Waals surface area contributed by atoms with Gasteiger partial charge in [-0.05, 0) is 57.0 Å². The number of carbonyl (C=O) groups excluding carboxylic acids is 1. The molecule has 1 atom stereocenters. The second-order valence-electron chi connectivity index (χ2n) is 7.83. The van der Waals surface area contributed by atoms with Crippen LogP contribution in [0.3, 0.4) is 0 Å². The van der Waals surface area contributed by atoms with Crippen LogP contribution < -0.4 is 14.8 Å². The minimum Gasteiger partial charge on any atom is -0.497 e. The fraction of sp³-hybridized carbons (Fsp3) is 0.571. The minimum absolute atomic E-state index is 0.0277. The van der Waals surface area contributed by atoms with Gasteiger partial charge in [-0.2, -0.15) is 0 Å². The van der Waals surface area contributed by atoms with Crippen LogP contribution in [0.2, 0.25) is 0 Å². The van der Waals surface area contributed by atoms with Crippen LogP contribution in [0, 0.1) is 6.92 Å². The molecule has 2 fully saturated rings. The third kappa shape index (κ3) is 3.94. The quantitative estimate of drug-likeness (QED) is 0.830. The van der Waals surface area contributed by atoms with Gasteiger partial charge in [-0.1, -0.05) is 5.21 Å². The van der Waals surface area contributed by atoms with Gasteiger partial charge in [0.1, 0.15) is 11.5 Å². The van der Waals surface area contributed by atoms with Crippen molar-refractivity contribution in [2.24, 2.45) is 0 Å². The average Bonchev–Trinajstić information content (AvgIpc) is 3.41. The summed E-state index contributed by atoms with van der Waals surface area (Å²) in [6, 6.07) is 6.24. The Morgan fingerprint density at radius 2 is 1.79 bits per heavy atom. The molecule has 0 radical (unpaired) electrons. The SMILES string of the molecule is COc1cc(OC)cc([C@H]2CCN(C(=O)c3nnn(C4CCNCC4)c3C)C2)c1. The molecule has 0 spiro atoms. The van der Waals surface area contributed by atoms with E-state index >= 15 is 0 Å². The lowest BCUT2D eigenvalue weighted by Crippen LogP contribution is -2.31. The van der Waals surface area contributed by atoms with E-state index in [9.17, 15) is 4.79 Å². The standard InChI is InChI=1S/C21H29N5O3/c1-14-20(23-24-26(14)17-4-7-22-8-5-17)21(27)25-9-6-15(13-25)16-10-18(28-2)12-19(11-16)29-3/h10-12,15,17,22H,4-9,13H2,1-3H3/t15-/m0/s1. The van der Waals surface area contributed by atoms with Crippen LogP contribution in [0.15, 0.2) is 18.2 Å². The number of benzene rings is 1. The summed E-state index contributed by atoms with van der Waals surface area (Å²) in [4.78, 5) is 15.0. The molecule has 1 aromatic carbocycles. The first-order valence-electron chi connectivity index (χ1n) is 10.3. The van der Waals surface area contributed by atoms with Crippen molar-refractivity contribution >= 4 is 5.91 Å². The second-order valence-corrected chi connectivity index (χ2v) is 7.83. The van der Waals surface area contributed by atoms with Gasteiger partial charge in [0.25, 0.3) is 5.91 Å². The Morgan fingerprint density at radius 1 is 1.10 bits per heavy atom. The molecule has 29 heavy (non-hydrogen) atoms. The molecule has 8 nitrogen and oxygen atoms in total. The van der Waals surface area contributed by atoms with Gasteiger partial charge < -0.3 is 19.7 Å². The Hall–Kier alpha value is -2.61. The van der Waals surface area contributed by atoms with Gasteiger partial charge in [-0.3, -0.25) is 4.79 Å². The highest BCUT2D eigenvalue weighted by atomic mass is 16.5. The van der Waals surface area contributed by atoms with Gasteiger partial charge in [-0.25, -0.2) is 4.68 Å². The molecule has 2 aromatic rings. The van der Waals surface area contributed by atoms with E-state index in [0.717, 1.165) is 55.1 Å². The van der Waals surface area contributed by atoms with E-state index in [1.807, 2.05) is 34.7 Å². The Balaban J connectivity index is 1.48. The van der Waals surface area contributed by atoms with Crippen LogP contribution in [0.5, 0.6) is 11.5 Å². The van der Waals surface area contributed by atoms with Gasteiger partial charge in [0.2, 0.25) is 0 Å². The number of methoxy groups -OCH3 is 2. The summed E-state index contributed by atoms with van der Waals surface area (Å²) in [6.07, 6.45) is 2.94. The molecule has 0 saturated carbocycles. The van der Waals surface area contributed by atoms with Crippen LogP contribution in [0.1, 0.15) is 53.0 Å². The number of carbonyl (C=O) groups is 1. The zero-order valence-corrected chi connectivity index (χ0v) is 17.4. The molecule has 156 valence electrons. The largest absolute Gasteiger partial charge is 0.497 e. The lowest BCUT2D eigenvalue weighted by Gasteiger charge is -2.23. The first-order chi connectivity index (χ1) is 14.1. The van der Waals surface area contributed by atoms with Gasteiger partial charge in [-0.15, -0.1) is 5.10 Å². The second kappa shape index (κ2) is 8.41. The van der Waals surface area contributed by atoms with Crippen molar-refractivity contribution in [3.8, 4) is 11.5 Å². The van der Waals surface area contributed by atoms with Crippen molar-refractivity contribution in [3.05, 3.63) is 35.2 Å². The molecule has 1 N–H and O–H groups in total. The normalized spacial score (nSPS) is 20.1. The number of rotatable bonds is 5. The maximum atomic E-state index is 13.1. The third-order valence-electron chi connectivity index (χ3n) is 6.11. The molecule has 2 aliphatic heterocycles. The van der Waals surface area contributed by atoms with E-state index in [-0.39, 0.29) is 11.8 Å². The van der Waals surface area contributed by atoms with Crippen LogP contribution in [0.25, 0.3) is 0 Å². The van der Waals surface area contributed by atoms with Gasteiger partial charge >= 0.3 is 0 Å². The Morgan fingerprint density at radius 3 is 2.45 bits per heavy atom. The molecule has 3 heterocycles. The fourth-order valence-corrected chi connectivity index (χ4v) is 4.37. The highest BCUT2D eigenvalue weighted by molar-refractivity contribution is 5.93. The number of aromatic nitrogens is 3. The molecule has 1 amide bonds. The average molecular weight is 399 g/mol. The maximum absolute atomic E-state index is 13.1. The van der Waals surface area contributed by atoms with Crippen LogP contribution in [-0.4, -0.2) is 66.2 Å². The summed E-state index contributed by atoms with van der Waals surface area (Å²) in [5.74, 6) is 1.76. The van der Waals surface area contributed by atoms with Crippen molar-refractivity contribution in [2.45, 2.75) is 38.1 Å². The number of hydrogen-bond donors (Lipinski definition) is 1. The Kier molecular flexibility index (Phi) is 5.71. The minimum atomic E-state index is -0.0277. The first kappa shape index (κ1) is 19.7. The van der Waals surface area contributed by atoms with Crippen molar-refractivity contribution < 1.29 is 14.3 Å². The predicted molar refractivity (Wildman–Crippen MR) is 109 cm³/mol. The van der Waals surface area contributed by atoms with Crippen molar-refractivity contribution in [2.75, 3.05) is 40.4 Å². The monoisotopic (exact) mass is 399 g/mol. The van der Waals surface area contributed by atoms with Crippen molar-refractivity contribution in [1.29, 1.82) is 0 Å². The van der Waals surface area contributed by atoms with Gasteiger partial charge in [0.15, 0.2) is 5.69 Å². The summed E-state index contributed by atoms with van der Waals surface area (Å²) in [5.41, 5.74) is 2.48. The molecule has 0 aliphatic carbocycles. The van der Waals surface area contributed by atoms with E-state index in [2.05, 4.69) is 15.6 Å². The first-order valence-corrected chi connectivity index (χ1v) is 10.3. The topological polar surface area (TPSA) is 81.5 Å². The predicted octanol–water partition coefficient (Wildman–Crippen LogP) is 2.16. The lowest BCUT2D eigenvalue weighted by atomic mass is 9.98. The Labute approximate surface area is 171 Å². The van der Waals surface area contributed by atoms with E-state index in [0.29, 0.717) is 24.8 Å². The van der Waals surface area contributed by atoms with E-state index in [4.69, 9.17) is 9.47 Å². The number of hydrogen-bond acceptors (Lipinski definition) is 6. The third-order valence-corrected chi connectivity index (χ3v) is 6.11. The zero-order chi connectivity index (χ0) is 20.4. The molecule has 0 bridgehead atoms. The highest BCUT2D eigenvalue weighted by Crippen LogP contribution is 2.33. The maximum Gasteiger partial charge on any atom is 0.276 e. The smallest absolute Gasteiger partial charge is 0.276 e. The van der Waals surface area contributed by atoms with Crippen LogP contribution >= 0.6 is 0 Å². The van der Waals surface area contributed by atoms with Crippen molar-refractivity contribution in [3.63, 3.8) is 0 Å². The van der Waals surface area contributed by atoms with Crippen molar-refractivity contribution in [1.82, 2.24) is 25.2 Å².